The van der Waals surface area contributed by atoms with Gasteiger partial charge in [-0.1, -0.05) is 71.7 Å². The van der Waals surface area contributed by atoms with Gasteiger partial charge < -0.3 is 10.5 Å². The molecule has 0 spiro atoms. The van der Waals surface area contributed by atoms with E-state index in [0.717, 1.165) is 22.4 Å². The first-order chi connectivity index (χ1) is 17.5. The number of carbonyl (C=O) groups excluding carboxylic acids is 1. The average Bonchev–Trinajstić information content (AvgIpc) is 3.25. The maximum absolute atomic E-state index is 12.3. The summed E-state index contributed by atoms with van der Waals surface area (Å²) < 4.78 is 7.29. The number of benzene rings is 3. The first-order valence-electron chi connectivity index (χ1n) is 11.5. The predicted molar refractivity (Wildman–Crippen MR) is 140 cm³/mol. The summed E-state index contributed by atoms with van der Waals surface area (Å²) in [5, 5.41) is 9.87. The highest BCUT2D eigenvalue weighted by molar-refractivity contribution is 6.36. The summed E-state index contributed by atoms with van der Waals surface area (Å²) in [6.07, 6.45) is 0.512. The Labute approximate surface area is 218 Å². The summed E-state index contributed by atoms with van der Waals surface area (Å²) in [5.74, 6) is 0.860. The SMILES string of the molecule is N[C@H](CCC(=O)OCc1ccccc1)c1nnc2n1-c1ccc(Cl)cc1C(c1ccccc1Cl)=NC2. The van der Waals surface area contributed by atoms with Crippen LogP contribution in [0.2, 0.25) is 10.0 Å². The van der Waals surface area contributed by atoms with Crippen LogP contribution in [0.25, 0.3) is 5.69 Å². The van der Waals surface area contributed by atoms with Crippen LogP contribution in [0.3, 0.4) is 0 Å². The van der Waals surface area contributed by atoms with Crippen molar-refractivity contribution in [3.05, 3.63) is 111 Å². The smallest absolute Gasteiger partial charge is 0.306 e. The molecule has 1 aromatic heterocycles. The van der Waals surface area contributed by atoms with Crippen LogP contribution < -0.4 is 5.73 Å². The quantitative estimate of drug-likeness (QED) is 0.327. The zero-order valence-corrected chi connectivity index (χ0v) is 20.8. The van der Waals surface area contributed by atoms with Gasteiger partial charge in [0, 0.05) is 27.6 Å². The molecule has 0 fully saturated rings. The minimum Gasteiger partial charge on any atom is -0.461 e. The molecule has 3 aromatic carbocycles. The lowest BCUT2D eigenvalue weighted by atomic mass is 10.00. The van der Waals surface area contributed by atoms with E-state index in [1.165, 1.54) is 0 Å². The van der Waals surface area contributed by atoms with Gasteiger partial charge >= 0.3 is 5.97 Å². The second-order valence-corrected chi connectivity index (χ2v) is 9.25. The van der Waals surface area contributed by atoms with Crippen LogP contribution in [0, 0.1) is 0 Å². The number of carbonyl (C=O) groups is 1. The van der Waals surface area contributed by atoms with Gasteiger partial charge in [-0.25, -0.2) is 0 Å². The van der Waals surface area contributed by atoms with E-state index >= 15 is 0 Å². The maximum Gasteiger partial charge on any atom is 0.306 e. The van der Waals surface area contributed by atoms with E-state index in [1.807, 2.05) is 71.3 Å². The van der Waals surface area contributed by atoms with Crippen molar-refractivity contribution in [1.29, 1.82) is 0 Å². The van der Waals surface area contributed by atoms with E-state index in [1.54, 1.807) is 6.07 Å². The maximum atomic E-state index is 12.3. The fourth-order valence-corrected chi connectivity index (χ4v) is 4.56. The van der Waals surface area contributed by atoms with E-state index in [9.17, 15) is 4.79 Å². The van der Waals surface area contributed by atoms with E-state index in [0.29, 0.717) is 33.8 Å². The highest BCUT2D eigenvalue weighted by Crippen LogP contribution is 2.31. The minimum absolute atomic E-state index is 0.158. The van der Waals surface area contributed by atoms with Crippen molar-refractivity contribution >= 4 is 34.9 Å². The van der Waals surface area contributed by atoms with Crippen LogP contribution in [0.1, 0.15) is 47.2 Å². The van der Waals surface area contributed by atoms with Crippen LogP contribution in [-0.2, 0) is 22.7 Å². The number of rotatable bonds is 7. The number of fused-ring (bicyclic) bond motifs is 3. The Morgan fingerprint density at radius 3 is 2.58 bits per heavy atom. The first kappa shape index (κ1) is 24.2. The normalized spacial score (nSPS) is 13.2. The van der Waals surface area contributed by atoms with Gasteiger partial charge in [0.05, 0.1) is 17.4 Å². The lowest BCUT2D eigenvalue weighted by Crippen LogP contribution is -2.19. The average molecular weight is 520 g/mol. The summed E-state index contributed by atoms with van der Waals surface area (Å²) in [6, 6.07) is 22.1. The monoisotopic (exact) mass is 519 g/mol. The molecule has 1 atom stereocenters. The lowest BCUT2D eigenvalue weighted by Gasteiger charge is -2.17. The van der Waals surface area contributed by atoms with Gasteiger partial charge in [-0.15, -0.1) is 10.2 Å². The zero-order chi connectivity index (χ0) is 25.1. The molecule has 7 nitrogen and oxygen atoms in total. The summed E-state index contributed by atoms with van der Waals surface area (Å²) >= 11 is 12.9. The van der Waals surface area contributed by atoms with Gasteiger partial charge in [-0.05, 0) is 36.2 Å². The lowest BCUT2D eigenvalue weighted by molar-refractivity contribution is -0.145. The van der Waals surface area contributed by atoms with Gasteiger partial charge in [0.15, 0.2) is 11.6 Å². The number of nitrogens with two attached hydrogens (primary N) is 1. The molecule has 2 heterocycles. The van der Waals surface area contributed by atoms with Crippen molar-refractivity contribution in [2.24, 2.45) is 10.7 Å². The van der Waals surface area contributed by atoms with Crippen LogP contribution in [0.15, 0.2) is 77.8 Å². The van der Waals surface area contributed by atoms with Crippen LogP contribution in [0.5, 0.6) is 0 Å². The molecule has 1 aliphatic rings. The molecule has 5 rings (SSSR count). The Balaban J connectivity index is 1.39. The number of ether oxygens (including phenoxy) is 1. The van der Waals surface area contributed by atoms with E-state index in [-0.39, 0.29) is 25.5 Å². The third-order valence-electron chi connectivity index (χ3n) is 5.95. The Morgan fingerprint density at radius 2 is 1.78 bits per heavy atom. The number of nitrogens with zero attached hydrogens (tertiary/aromatic N) is 4. The second kappa shape index (κ2) is 10.6. The molecule has 1 aliphatic heterocycles. The van der Waals surface area contributed by atoms with Crippen molar-refractivity contribution in [2.45, 2.75) is 32.0 Å². The zero-order valence-electron chi connectivity index (χ0n) is 19.3. The highest BCUT2D eigenvalue weighted by Gasteiger charge is 2.26. The molecule has 4 aromatic rings. The van der Waals surface area contributed by atoms with Crippen LogP contribution >= 0.6 is 23.2 Å². The summed E-state index contributed by atoms with van der Waals surface area (Å²) in [4.78, 5) is 17.1. The fraction of sp³-hybridized carbons (Fsp3) is 0.185. The molecule has 0 aliphatic carbocycles. The summed E-state index contributed by atoms with van der Waals surface area (Å²) in [6.45, 7) is 0.511. The first-order valence-corrected chi connectivity index (χ1v) is 12.3. The Kier molecular flexibility index (Phi) is 7.13. The number of halogens is 2. The van der Waals surface area contributed by atoms with Crippen molar-refractivity contribution in [2.75, 3.05) is 0 Å². The molecule has 0 bridgehead atoms. The van der Waals surface area contributed by atoms with Gasteiger partial charge in [-0.3, -0.25) is 14.4 Å². The van der Waals surface area contributed by atoms with E-state index in [4.69, 9.17) is 38.7 Å². The molecule has 0 unspecified atom stereocenters. The van der Waals surface area contributed by atoms with Gasteiger partial charge in [0.2, 0.25) is 0 Å². The third-order valence-corrected chi connectivity index (χ3v) is 6.52. The van der Waals surface area contributed by atoms with Gasteiger partial charge in [0.1, 0.15) is 13.2 Å². The van der Waals surface area contributed by atoms with Crippen molar-refractivity contribution in [3.8, 4) is 5.69 Å². The minimum atomic E-state index is -0.541. The van der Waals surface area contributed by atoms with Crippen LogP contribution in [0.4, 0.5) is 0 Å². The predicted octanol–water partition coefficient (Wildman–Crippen LogP) is 5.45. The number of hydrogen-bond acceptors (Lipinski definition) is 6. The molecule has 0 amide bonds. The number of aliphatic imine (C=N–C) groups is 1. The Bertz CT molecular complexity index is 1440. The van der Waals surface area contributed by atoms with Crippen molar-refractivity contribution in [3.63, 3.8) is 0 Å². The second-order valence-electron chi connectivity index (χ2n) is 8.41. The molecule has 0 saturated carbocycles. The highest BCUT2D eigenvalue weighted by atomic mass is 35.5. The third kappa shape index (κ3) is 5.04. The summed E-state index contributed by atoms with van der Waals surface area (Å²) in [5.41, 5.74) is 10.6. The van der Waals surface area contributed by atoms with Crippen molar-refractivity contribution in [1.82, 2.24) is 14.8 Å². The number of aromatic nitrogens is 3. The number of esters is 1. The van der Waals surface area contributed by atoms with E-state index in [2.05, 4.69) is 10.2 Å². The topological polar surface area (TPSA) is 95.4 Å². The summed E-state index contributed by atoms with van der Waals surface area (Å²) in [7, 11) is 0. The molecule has 9 heteroatoms. The Hall–Kier alpha value is -3.52. The van der Waals surface area contributed by atoms with Gasteiger partial charge in [-0.2, -0.15) is 0 Å². The van der Waals surface area contributed by atoms with Crippen molar-refractivity contribution < 1.29 is 9.53 Å². The van der Waals surface area contributed by atoms with Crippen LogP contribution in [-0.4, -0.2) is 26.4 Å². The molecular formula is C27H23Cl2N5O2. The largest absolute Gasteiger partial charge is 0.461 e. The molecule has 36 heavy (non-hydrogen) atoms. The molecular weight excluding hydrogens is 497 g/mol. The molecule has 0 saturated heterocycles. The fourth-order valence-electron chi connectivity index (χ4n) is 4.16. The Morgan fingerprint density at radius 1 is 1.00 bits per heavy atom. The molecule has 2 N–H and O–H groups in total. The van der Waals surface area contributed by atoms with E-state index < -0.39 is 6.04 Å². The molecule has 182 valence electrons. The molecule has 0 radical (unpaired) electrons. The number of hydrogen-bond donors (Lipinski definition) is 1. The van der Waals surface area contributed by atoms with Gasteiger partial charge in [0.25, 0.3) is 0 Å². The standard InChI is InChI=1S/C27H23Cl2N5O2/c28-18-10-12-23-20(14-18)26(19-8-4-5-9-21(19)29)31-15-24-32-33-27(34(23)24)22(30)11-13-25(35)36-16-17-6-2-1-3-7-17/h1-10,12,14,22H,11,13,15-16,30H2/t22-/m1/s1.